The largest absolute Gasteiger partial charge is 0.476 e. The van der Waals surface area contributed by atoms with Crippen molar-refractivity contribution in [2.45, 2.75) is 83.6 Å². The van der Waals surface area contributed by atoms with Gasteiger partial charge in [-0.15, -0.1) is 5.10 Å². The zero-order valence-corrected chi connectivity index (χ0v) is 25.4. The van der Waals surface area contributed by atoms with Gasteiger partial charge in [0.15, 0.2) is 0 Å². The molecule has 2 aromatic heterocycles. The van der Waals surface area contributed by atoms with Crippen molar-refractivity contribution in [1.82, 2.24) is 28.8 Å². The van der Waals surface area contributed by atoms with Gasteiger partial charge in [0, 0.05) is 37.6 Å². The molecule has 2 unspecified atom stereocenters. The highest BCUT2D eigenvalue weighted by molar-refractivity contribution is 7.89. The number of sulfonamides is 1. The molecule has 2 aliphatic heterocycles. The SMILES string of the molecule is Cc1nn(C)cc1S(=O)(=O)N1C(n2ccc(OCC3(C(F)(F)F)CC3)n2)=CC=CC1N1CC(C(C)(C)C)CC1(C)C. The van der Waals surface area contributed by atoms with Crippen LogP contribution < -0.4 is 4.74 Å². The molecule has 2 fully saturated rings. The summed E-state index contributed by atoms with van der Waals surface area (Å²) in [7, 11) is -2.49. The second-order valence-corrected chi connectivity index (χ2v) is 15.1. The number of aryl methyl sites for hydroxylation is 2. The molecule has 1 saturated carbocycles. The van der Waals surface area contributed by atoms with E-state index in [1.54, 1.807) is 26.1 Å². The molecule has 0 spiro atoms. The highest BCUT2D eigenvalue weighted by Crippen LogP contribution is 2.57. The number of ether oxygens (including phenoxy) is 1. The molecule has 3 aliphatic rings. The Morgan fingerprint density at radius 1 is 1.15 bits per heavy atom. The zero-order chi connectivity index (χ0) is 30.2. The Morgan fingerprint density at radius 2 is 1.83 bits per heavy atom. The van der Waals surface area contributed by atoms with Gasteiger partial charge in [-0.05, 0) is 63.5 Å². The molecule has 0 amide bonds. The van der Waals surface area contributed by atoms with Crippen molar-refractivity contribution < 1.29 is 26.3 Å². The quantitative estimate of drug-likeness (QED) is 0.438. The van der Waals surface area contributed by atoms with Crippen LogP contribution in [0, 0.1) is 23.7 Å². The van der Waals surface area contributed by atoms with Crippen LogP contribution >= 0.6 is 0 Å². The monoisotopic (exact) mass is 596 g/mol. The number of rotatable bonds is 7. The Balaban J connectivity index is 1.52. The summed E-state index contributed by atoms with van der Waals surface area (Å²) in [4.78, 5) is 2.27. The lowest BCUT2D eigenvalue weighted by Crippen LogP contribution is -2.55. The van der Waals surface area contributed by atoms with Gasteiger partial charge in [0.05, 0.1) is 5.69 Å². The molecule has 4 heterocycles. The number of aromatic nitrogens is 4. The normalized spacial score (nSPS) is 24.5. The number of alkyl halides is 3. The molecule has 2 atom stereocenters. The molecule has 41 heavy (non-hydrogen) atoms. The second-order valence-electron chi connectivity index (χ2n) is 13.3. The lowest BCUT2D eigenvalue weighted by atomic mass is 9.78. The Labute approximate surface area is 239 Å². The van der Waals surface area contributed by atoms with Crippen LogP contribution in [0.4, 0.5) is 13.2 Å². The molecule has 1 saturated heterocycles. The lowest BCUT2D eigenvalue weighted by molar-refractivity contribution is -0.194. The molecule has 0 bridgehead atoms. The fourth-order valence-corrected chi connectivity index (χ4v) is 7.61. The fraction of sp³-hybridized carbons (Fsp3) is 0.643. The van der Waals surface area contributed by atoms with E-state index in [1.165, 1.54) is 32.1 Å². The van der Waals surface area contributed by atoms with E-state index in [4.69, 9.17) is 4.74 Å². The van der Waals surface area contributed by atoms with Crippen LogP contribution in [0.3, 0.4) is 0 Å². The van der Waals surface area contributed by atoms with E-state index < -0.39 is 34.4 Å². The van der Waals surface area contributed by atoms with Crippen LogP contribution in [0.15, 0.2) is 41.6 Å². The van der Waals surface area contributed by atoms with Gasteiger partial charge in [-0.2, -0.15) is 18.3 Å². The highest BCUT2D eigenvalue weighted by Gasteiger charge is 2.64. The minimum Gasteiger partial charge on any atom is -0.476 e. The Morgan fingerprint density at radius 3 is 2.37 bits per heavy atom. The van der Waals surface area contributed by atoms with E-state index in [1.807, 2.05) is 6.08 Å². The predicted molar refractivity (Wildman–Crippen MR) is 148 cm³/mol. The number of hydrogen-bond acceptors (Lipinski definition) is 6. The molecule has 1 aliphatic carbocycles. The summed E-state index contributed by atoms with van der Waals surface area (Å²) in [5.41, 5.74) is -1.77. The summed E-state index contributed by atoms with van der Waals surface area (Å²) >= 11 is 0. The highest BCUT2D eigenvalue weighted by atomic mass is 32.2. The molecule has 0 radical (unpaired) electrons. The van der Waals surface area contributed by atoms with E-state index in [0.29, 0.717) is 18.2 Å². The first kappa shape index (κ1) is 29.7. The van der Waals surface area contributed by atoms with Crippen LogP contribution in [0.25, 0.3) is 5.82 Å². The summed E-state index contributed by atoms with van der Waals surface area (Å²) in [6.45, 7) is 12.6. The standard InChI is InChI=1S/C28H39F3N6O3S/c1-19-21(17-34(7)32-19)41(38,39)37-23(35-16-20(25(2,3)4)15-26(35,5)6)9-8-10-24(37)36-14-11-22(33-36)40-18-27(12-13-27)28(29,30)31/h8-11,14,17,20,23H,12-13,15-16,18H2,1-7H3. The predicted octanol–water partition coefficient (Wildman–Crippen LogP) is 5.18. The number of hydrogen-bond donors (Lipinski definition) is 0. The fourth-order valence-electron chi connectivity index (χ4n) is 5.84. The van der Waals surface area contributed by atoms with Crippen molar-refractivity contribution in [2.75, 3.05) is 13.2 Å². The van der Waals surface area contributed by atoms with E-state index >= 15 is 0 Å². The minimum absolute atomic E-state index is 0.00302. The van der Waals surface area contributed by atoms with Crippen molar-refractivity contribution in [1.29, 1.82) is 0 Å². The lowest BCUT2D eigenvalue weighted by Gasteiger charge is -2.44. The maximum atomic E-state index is 14.4. The smallest absolute Gasteiger partial charge is 0.397 e. The molecule has 5 rings (SSSR count). The van der Waals surface area contributed by atoms with E-state index in [2.05, 4.69) is 49.7 Å². The number of likely N-dealkylation sites (tertiary alicyclic amines) is 1. The topological polar surface area (TPSA) is 85.5 Å². The second kappa shape index (κ2) is 9.62. The summed E-state index contributed by atoms with van der Waals surface area (Å²) in [5, 5.41) is 8.63. The van der Waals surface area contributed by atoms with Crippen LogP contribution in [0.1, 0.15) is 59.6 Å². The number of nitrogens with zero attached hydrogens (tertiary/aromatic N) is 6. The van der Waals surface area contributed by atoms with Crippen molar-refractivity contribution in [3.8, 4) is 5.88 Å². The van der Waals surface area contributed by atoms with Gasteiger partial charge >= 0.3 is 6.18 Å². The summed E-state index contributed by atoms with van der Waals surface area (Å²) in [6.07, 6.45) is 4.20. The van der Waals surface area contributed by atoms with Gasteiger partial charge < -0.3 is 4.74 Å². The zero-order valence-electron chi connectivity index (χ0n) is 24.6. The van der Waals surface area contributed by atoms with Gasteiger partial charge in [-0.3, -0.25) is 9.58 Å². The van der Waals surface area contributed by atoms with Gasteiger partial charge in [0.2, 0.25) is 5.88 Å². The average Bonchev–Trinajstić information content (AvgIpc) is 3.19. The molecular weight excluding hydrogens is 557 g/mol. The van der Waals surface area contributed by atoms with Crippen LogP contribution in [0.2, 0.25) is 0 Å². The Kier molecular flexibility index (Phi) is 6.96. The van der Waals surface area contributed by atoms with Crippen LogP contribution in [-0.2, 0) is 17.1 Å². The molecule has 9 nitrogen and oxygen atoms in total. The van der Waals surface area contributed by atoms with Crippen molar-refractivity contribution in [2.24, 2.45) is 23.8 Å². The van der Waals surface area contributed by atoms with Gasteiger partial charge in [-0.25, -0.2) is 17.4 Å². The molecule has 2 aromatic rings. The Bertz CT molecular complexity index is 1480. The van der Waals surface area contributed by atoms with Crippen LogP contribution in [0.5, 0.6) is 5.88 Å². The van der Waals surface area contributed by atoms with Crippen molar-refractivity contribution in [3.05, 3.63) is 42.4 Å². The van der Waals surface area contributed by atoms with Gasteiger partial charge in [-0.1, -0.05) is 26.8 Å². The maximum absolute atomic E-state index is 14.4. The minimum atomic E-state index is -4.35. The van der Waals surface area contributed by atoms with Gasteiger partial charge in [0.1, 0.15) is 28.9 Å². The average molecular weight is 597 g/mol. The molecular formula is C28H39F3N6O3S. The first-order chi connectivity index (χ1) is 18.9. The molecule has 0 aromatic carbocycles. The number of halogens is 3. The van der Waals surface area contributed by atoms with E-state index in [-0.39, 0.29) is 40.4 Å². The third-order valence-electron chi connectivity index (χ3n) is 8.74. The number of allylic oxidation sites excluding steroid dienone is 2. The van der Waals surface area contributed by atoms with E-state index in [0.717, 1.165) is 6.42 Å². The molecule has 13 heteroatoms. The van der Waals surface area contributed by atoms with Gasteiger partial charge in [0.25, 0.3) is 10.0 Å². The maximum Gasteiger partial charge on any atom is 0.397 e. The third kappa shape index (κ3) is 5.31. The van der Waals surface area contributed by atoms with E-state index in [9.17, 15) is 21.6 Å². The summed E-state index contributed by atoms with van der Waals surface area (Å²) in [5.74, 6) is 0.567. The Hall–Kier alpha value is -2.80. The molecule has 226 valence electrons. The first-order valence-electron chi connectivity index (χ1n) is 13.8. The van der Waals surface area contributed by atoms with Crippen molar-refractivity contribution in [3.63, 3.8) is 0 Å². The van der Waals surface area contributed by atoms with Crippen molar-refractivity contribution >= 4 is 15.8 Å². The molecule has 0 N–H and O–H groups in total. The summed E-state index contributed by atoms with van der Waals surface area (Å²) in [6, 6.07) is 1.45. The third-order valence-corrected chi connectivity index (χ3v) is 10.6. The van der Waals surface area contributed by atoms with Crippen LogP contribution in [-0.4, -0.2) is 68.2 Å². The first-order valence-corrected chi connectivity index (χ1v) is 15.3. The summed E-state index contributed by atoms with van der Waals surface area (Å²) < 4.78 is 78.7.